The van der Waals surface area contributed by atoms with Gasteiger partial charge in [-0.15, -0.1) is 0 Å². The van der Waals surface area contributed by atoms with Crippen molar-refractivity contribution in [3.8, 4) is 0 Å². The smallest absolute Gasteiger partial charge is 0.0578 e. The van der Waals surface area contributed by atoms with Crippen molar-refractivity contribution >= 4 is 11.6 Å². The summed E-state index contributed by atoms with van der Waals surface area (Å²) in [4.78, 5) is 0. The quantitative estimate of drug-likeness (QED) is 0.435. The van der Waals surface area contributed by atoms with Crippen molar-refractivity contribution < 1.29 is 0 Å². The van der Waals surface area contributed by atoms with Gasteiger partial charge in [0, 0.05) is 11.6 Å². The van der Waals surface area contributed by atoms with Gasteiger partial charge in [-0.3, -0.25) is 0 Å². The minimum atomic E-state index is -0.565. The fourth-order valence-electron chi connectivity index (χ4n) is 4.65. The topological polar surface area (TPSA) is 38.0 Å². The number of allylic oxidation sites excluding steroid dienone is 3. The summed E-state index contributed by atoms with van der Waals surface area (Å²) >= 11 is 6.19. The van der Waals surface area contributed by atoms with E-state index < -0.39 is 5.54 Å². The zero-order valence-electron chi connectivity index (χ0n) is 20.3. The number of rotatable bonds is 8. The number of hydrogen-bond acceptors (Lipinski definition) is 2. The van der Waals surface area contributed by atoms with E-state index >= 15 is 0 Å². The molecule has 1 aliphatic carbocycles. The highest BCUT2D eigenvalue weighted by Crippen LogP contribution is 2.37. The van der Waals surface area contributed by atoms with E-state index in [0.717, 1.165) is 35.5 Å². The van der Waals surface area contributed by atoms with Crippen LogP contribution in [0.25, 0.3) is 0 Å². The molecule has 3 N–H and O–H groups in total. The Kier molecular flexibility index (Phi) is 8.03. The number of benzene rings is 2. The van der Waals surface area contributed by atoms with E-state index in [-0.39, 0.29) is 11.5 Å². The van der Waals surface area contributed by atoms with E-state index in [4.69, 9.17) is 17.3 Å². The summed E-state index contributed by atoms with van der Waals surface area (Å²) in [5.41, 5.74) is 11.9. The summed E-state index contributed by atoms with van der Waals surface area (Å²) in [6, 6.07) is 18.4. The van der Waals surface area contributed by atoms with Crippen molar-refractivity contribution in [1.29, 1.82) is 0 Å². The maximum absolute atomic E-state index is 7.02. The molecule has 2 nitrogen and oxygen atoms in total. The third-order valence-corrected chi connectivity index (χ3v) is 6.91. The van der Waals surface area contributed by atoms with Crippen LogP contribution in [0, 0.1) is 11.3 Å². The van der Waals surface area contributed by atoms with Crippen molar-refractivity contribution in [2.75, 3.05) is 6.54 Å². The van der Waals surface area contributed by atoms with Crippen LogP contribution in [0.4, 0.5) is 0 Å². The van der Waals surface area contributed by atoms with Gasteiger partial charge in [0.25, 0.3) is 0 Å². The summed E-state index contributed by atoms with van der Waals surface area (Å²) < 4.78 is 0. The summed E-state index contributed by atoms with van der Waals surface area (Å²) in [6.45, 7) is 12.2. The lowest BCUT2D eigenvalue weighted by Gasteiger charge is -2.38. The zero-order chi connectivity index (χ0) is 23.4. The molecule has 3 atom stereocenters. The Hall–Kier alpha value is -1.87. The van der Waals surface area contributed by atoms with E-state index in [1.165, 1.54) is 12.0 Å². The van der Waals surface area contributed by atoms with Crippen LogP contribution in [-0.4, -0.2) is 6.54 Å². The molecule has 1 aliphatic rings. The van der Waals surface area contributed by atoms with Gasteiger partial charge in [0.1, 0.15) is 0 Å². The summed E-state index contributed by atoms with van der Waals surface area (Å²) in [5, 5.41) is 4.61. The molecule has 0 heterocycles. The van der Waals surface area contributed by atoms with Gasteiger partial charge in [0.2, 0.25) is 0 Å². The molecule has 0 saturated heterocycles. The summed E-state index contributed by atoms with van der Waals surface area (Å²) in [6.07, 6.45) is 8.27. The van der Waals surface area contributed by atoms with Crippen LogP contribution < -0.4 is 11.1 Å². The van der Waals surface area contributed by atoms with E-state index in [1.54, 1.807) is 5.57 Å². The second-order valence-corrected chi connectivity index (χ2v) is 10.8. The predicted molar refractivity (Wildman–Crippen MR) is 139 cm³/mol. The monoisotopic (exact) mass is 450 g/mol. The molecule has 0 bridgehead atoms. The van der Waals surface area contributed by atoms with E-state index in [0.29, 0.717) is 5.92 Å². The van der Waals surface area contributed by atoms with Crippen LogP contribution in [0.5, 0.6) is 0 Å². The molecule has 0 aliphatic heterocycles. The van der Waals surface area contributed by atoms with E-state index in [9.17, 15) is 0 Å². The van der Waals surface area contributed by atoms with Gasteiger partial charge in [-0.2, -0.15) is 0 Å². The Balaban J connectivity index is 1.87. The minimum Gasteiger partial charge on any atom is -0.320 e. The molecule has 172 valence electrons. The molecule has 32 heavy (non-hydrogen) atoms. The van der Waals surface area contributed by atoms with Crippen LogP contribution in [0.2, 0.25) is 5.02 Å². The average Bonchev–Trinajstić information content (AvgIpc) is 2.76. The standard InChI is InChI=1S/C29H39ClN2/c1-6-10-22-19-25(28(2,3)4)16-13-23(22)20-32-27(21-14-17-26(30)18-15-21)29(5,31)24-11-8-7-9-12-24/h7-9,11-12,14-19,23,27,32H,6,10,13,20,31H2,1-5H3. The highest BCUT2D eigenvalue weighted by molar-refractivity contribution is 6.30. The Labute approximate surface area is 200 Å². The molecule has 0 fully saturated rings. The average molecular weight is 451 g/mol. The van der Waals surface area contributed by atoms with Crippen LogP contribution in [0.1, 0.15) is 71.0 Å². The number of nitrogens with two attached hydrogens (primary N) is 1. The lowest BCUT2D eigenvalue weighted by Crippen LogP contribution is -2.47. The molecule has 3 unspecified atom stereocenters. The normalized spacial score (nSPS) is 19.7. The first kappa shape index (κ1) is 24.8. The number of halogens is 1. The number of nitrogens with one attached hydrogen (secondary N) is 1. The zero-order valence-corrected chi connectivity index (χ0v) is 21.0. The molecule has 0 radical (unpaired) electrons. The second kappa shape index (κ2) is 10.4. The predicted octanol–water partition coefficient (Wildman–Crippen LogP) is 7.56. The molecular formula is C29H39ClN2. The van der Waals surface area contributed by atoms with Gasteiger partial charge >= 0.3 is 0 Å². The molecule has 0 aromatic heterocycles. The van der Waals surface area contributed by atoms with Crippen LogP contribution in [0.15, 0.2) is 77.9 Å². The first-order valence-corrected chi connectivity index (χ1v) is 12.2. The van der Waals surface area contributed by atoms with E-state index in [1.807, 2.05) is 18.2 Å². The molecule has 2 aromatic rings. The Morgan fingerprint density at radius 1 is 1.03 bits per heavy atom. The van der Waals surface area contributed by atoms with Gasteiger partial charge in [0.05, 0.1) is 11.6 Å². The minimum absolute atomic E-state index is 0.0296. The summed E-state index contributed by atoms with van der Waals surface area (Å²) in [5.74, 6) is 0.488. The molecule has 3 heteroatoms. The SMILES string of the molecule is CCCC1=CC(C(C)(C)C)=CCC1CNC(c1ccc(Cl)cc1)C(C)(N)c1ccccc1. The van der Waals surface area contributed by atoms with Gasteiger partial charge in [-0.25, -0.2) is 0 Å². The Morgan fingerprint density at radius 3 is 2.28 bits per heavy atom. The maximum atomic E-state index is 7.02. The van der Waals surface area contributed by atoms with Gasteiger partial charge in [-0.1, -0.05) is 106 Å². The van der Waals surface area contributed by atoms with Crippen molar-refractivity contribution in [3.63, 3.8) is 0 Å². The van der Waals surface area contributed by atoms with Gasteiger partial charge < -0.3 is 11.1 Å². The molecule has 0 amide bonds. The summed E-state index contributed by atoms with van der Waals surface area (Å²) in [7, 11) is 0. The Bertz CT molecular complexity index is 933. The highest BCUT2D eigenvalue weighted by Gasteiger charge is 2.34. The third kappa shape index (κ3) is 5.92. The lowest BCUT2D eigenvalue weighted by molar-refractivity contribution is 0.315. The fourth-order valence-corrected chi connectivity index (χ4v) is 4.78. The molecule has 3 rings (SSSR count). The van der Waals surface area contributed by atoms with Crippen LogP contribution in [-0.2, 0) is 5.54 Å². The van der Waals surface area contributed by atoms with Gasteiger partial charge in [-0.05, 0) is 59.9 Å². The maximum Gasteiger partial charge on any atom is 0.0578 e. The molecule has 0 spiro atoms. The first-order chi connectivity index (χ1) is 15.1. The van der Waals surface area contributed by atoms with Gasteiger partial charge in [0.15, 0.2) is 0 Å². The van der Waals surface area contributed by atoms with Crippen molar-refractivity contribution in [2.24, 2.45) is 17.1 Å². The fraction of sp³-hybridized carbons (Fsp3) is 0.448. The van der Waals surface area contributed by atoms with Crippen LogP contribution >= 0.6 is 11.6 Å². The molecule has 2 aromatic carbocycles. The van der Waals surface area contributed by atoms with E-state index in [2.05, 4.69) is 88.5 Å². The number of hydrogen-bond donors (Lipinski definition) is 2. The third-order valence-electron chi connectivity index (χ3n) is 6.66. The van der Waals surface area contributed by atoms with Crippen molar-refractivity contribution in [1.82, 2.24) is 5.32 Å². The van der Waals surface area contributed by atoms with Crippen LogP contribution in [0.3, 0.4) is 0 Å². The Morgan fingerprint density at radius 2 is 1.69 bits per heavy atom. The highest BCUT2D eigenvalue weighted by atomic mass is 35.5. The van der Waals surface area contributed by atoms with Crippen molar-refractivity contribution in [3.05, 3.63) is 94.0 Å². The second-order valence-electron chi connectivity index (χ2n) is 10.4. The lowest BCUT2D eigenvalue weighted by atomic mass is 9.77. The van der Waals surface area contributed by atoms with Crippen molar-refractivity contribution in [2.45, 2.75) is 65.5 Å². The first-order valence-electron chi connectivity index (χ1n) is 11.9. The largest absolute Gasteiger partial charge is 0.320 e. The molecular weight excluding hydrogens is 412 g/mol. The molecule has 0 saturated carbocycles.